The van der Waals surface area contributed by atoms with E-state index in [2.05, 4.69) is 0 Å². The molecule has 2 aliphatic rings. The van der Waals surface area contributed by atoms with E-state index >= 15 is 0 Å². The molecule has 4 N–H and O–H groups in total. The van der Waals surface area contributed by atoms with Gasteiger partial charge in [-0.3, -0.25) is 4.79 Å². The molecule has 0 aromatic carbocycles. The molecule has 0 aromatic rings. The third-order valence-corrected chi connectivity index (χ3v) is 5.39. The number of unbranched alkanes of at least 4 members (excludes halogenated alkanes) is 4. The number of carboxylic acids is 1. The van der Waals surface area contributed by atoms with Crippen LogP contribution in [0.3, 0.4) is 0 Å². The highest BCUT2D eigenvalue weighted by Crippen LogP contribution is 2.53. The number of aliphatic hydroxyl groups excluding tert-OH is 2. The summed E-state index contributed by atoms with van der Waals surface area (Å²) < 4.78 is 11.4. The average molecular weight is 372 g/mol. The van der Waals surface area contributed by atoms with Crippen LogP contribution in [0.15, 0.2) is 12.2 Å². The number of fused-ring (bicyclic) bond motifs is 2. The molecule has 0 aromatic heterocycles. The molecule has 0 amide bonds. The predicted octanol–water partition coefficient (Wildman–Crippen LogP) is 1.51. The van der Waals surface area contributed by atoms with Crippen LogP contribution in [0.1, 0.15) is 44.9 Å². The molecule has 7 heteroatoms. The predicted molar refractivity (Wildman–Crippen MR) is 94.1 cm³/mol. The lowest BCUT2D eigenvalue weighted by Crippen LogP contribution is -2.50. The van der Waals surface area contributed by atoms with Crippen LogP contribution in [0.4, 0.5) is 0 Å². The molecule has 7 nitrogen and oxygen atoms in total. The van der Waals surface area contributed by atoms with Crippen LogP contribution in [-0.2, 0) is 14.3 Å². The maximum Gasteiger partial charge on any atom is 0.307 e. The molecule has 26 heavy (non-hydrogen) atoms. The van der Waals surface area contributed by atoms with Crippen LogP contribution >= 0.6 is 0 Å². The second kappa shape index (κ2) is 10.4. The topological polar surface area (TPSA) is 116 Å². The summed E-state index contributed by atoms with van der Waals surface area (Å²) in [7, 11) is 0. The van der Waals surface area contributed by atoms with Crippen LogP contribution in [-0.4, -0.2) is 58.8 Å². The Bertz CT molecular complexity index is 451. The fourth-order valence-corrected chi connectivity index (χ4v) is 4.11. The third-order valence-electron chi connectivity index (χ3n) is 5.39. The molecule has 4 atom stereocenters. The first kappa shape index (κ1) is 21.3. The molecule has 0 aliphatic heterocycles. The van der Waals surface area contributed by atoms with Crippen molar-refractivity contribution in [1.29, 1.82) is 0 Å². The van der Waals surface area contributed by atoms with Gasteiger partial charge in [0.05, 0.1) is 25.0 Å². The van der Waals surface area contributed by atoms with Crippen LogP contribution in [0.5, 0.6) is 0 Å². The first-order chi connectivity index (χ1) is 12.5. The van der Waals surface area contributed by atoms with Gasteiger partial charge in [-0.25, -0.2) is 0 Å². The van der Waals surface area contributed by atoms with Crippen LogP contribution in [0, 0.1) is 23.7 Å². The third kappa shape index (κ3) is 5.27. The summed E-state index contributed by atoms with van der Waals surface area (Å²) >= 11 is 0. The maximum atomic E-state index is 11.8. The number of allylic oxidation sites excluding steroid dienone is 2. The highest BCUT2D eigenvalue weighted by molar-refractivity contribution is 5.72. The summed E-state index contributed by atoms with van der Waals surface area (Å²) in [6.45, 7) is 0.724. The number of hydrogen-bond donors (Lipinski definition) is 4. The Balaban J connectivity index is 2.01. The molecule has 2 bridgehead atoms. The van der Waals surface area contributed by atoms with Crippen molar-refractivity contribution >= 4 is 5.97 Å². The molecule has 2 aliphatic carbocycles. The second-order valence-corrected chi connectivity index (χ2v) is 7.23. The quantitative estimate of drug-likeness (QED) is 0.207. The normalized spacial score (nSPS) is 27.3. The summed E-state index contributed by atoms with van der Waals surface area (Å²) in [5, 5.41) is 38.5. The molecular weight excluding hydrogens is 340 g/mol. The van der Waals surface area contributed by atoms with Crippen molar-refractivity contribution in [1.82, 2.24) is 0 Å². The molecule has 1 fully saturated rings. The molecule has 0 spiro atoms. The van der Waals surface area contributed by atoms with Gasteiger partial charge in [-0.15, -0.1) is 0 Å². The molecule has 2 rings (SSSR count). The van der Waals surface area contributed by atoms with Gasteiger partial charge < -0.3 is 29.9 Å². The second-order valence-electron chi connectivity index (χ2n) is 7.23. The molecule has 0 radical (unpaired) electrons. The van der Waals surface area contributed by atoms with E-state index in [-0.39, 0.29) is 38.3 Å². The lowest BCUT2D eigenvalue weighted by molar-refractivity contribution is -0.394. The first-order valence-corrected chi connectivity index (χ1v) is 9.66. The van der Waals surface area contributed by atoms with E-state index in [1.807, 2.05) is 12.2 Å². The van der Waals surface area contributed by atoms with E-state index < -0.39 is 23.8 Å². The van der Waals surface area contributed by atoms with Gasteiger partial charge in [-0.05, 0) is 56.8 Å². The Hall–Kier alpha value is -0.990. The van der Waals surface area contributed by atoms with Gasteiger partial charge in [0.25, 0.3) is 5.97 Å². The van der Waals surface area contributed by atoms with Gasteiger partial charge in [-0.1, -0.05) is 12.2 Å². The van der Waals surface area contributed by atoms with Crippen LogP contribution in [0.2, 0.25) is 0 Å². The zero-order valence-electron chi connectivity index (χ0n) is 15.3. The summed E-state index contributed by atoms with van der Waals surface area (Å²) in [5.74, 6) is -4.37. The van der Waals surface area contributed by atoms with Crippen molar-refractivity contribution in [2.45, 2.75) is 50.9 Å². The van der Waals surface area contributed by atoms with Gasteiger partial charge in [0, 0.05) is 13.2 Å². The van der Waals surface area contributed by atoms with Gasteiger partial charge in [0.15, 0.2) is 0 Å². The number of carboxylic acid groups (broad SMARTS) is 1. The number of hydrogen-bond acceptors (Lipinski definition) is 6. The monoisotopic (exact) mass is 372 g/mol. The molecule has 1 saturated carbocycles. The minimum atomic E-state index is -1.92. The summed E-state index contributed by atoms with van der Waals surface area (Å²) in [6.07, 6.45) is 8.76. The number of carbonyl (C=O) groups is 1. The Labute approximate surface area is 154 Å². The first-order valence-electron chi connectivity index (χ1n) is 9.66. The molecule has 0 heterocycles. The number of aliphatic hydroxyl groups is 3. The fraction of sp³-hybridized carbons (Fsp3) is 0.842. The van der Waals surface area contributed by atoms with E-state index in [4.69, 9.17) is 19.7 Å². The van der Waals surface area contributed by atoms with E-state index in [9.17, 15) is 15.0 Å². The minimum Gasteiger partial charge on any atom is -0.481 e. The largest absolute Gasteiger partial charge is 0.481 e. The van der Waals surface area contributed by atoms with Gasteiger partial charge in [0.1, 0.15) is 0 Å². The Morgan fingerprint density at radius 2 is 1.46 bits per heavy atom. The molecule has 4 unspecified atom stereocenters. The maximum absolute atomic E-state index is 11.8. The smallest absolute Gasteiger partial charge is 0.307 e. The van der Waals surface area contributed by atoms with Crippen LogP contribution in [0.25, 0.3) is 0 Å². The average Bonchev–Trinajstić information content (AvgIpc) is 3.23. The molecular formula is C19H32O7. The van der Waals surface area contributed by atoms with Gasteiger partial charge in [-0.2, -0.15) is 0 Å². The van der Waals surface area contributed by atoms with Gasteiger partial charge in [0.2, 0.25) is 0 Å². The zero-order valence-corrected chi connectivity index (χ0v) is 15.3. The lowest BCUT2D eigenvalue weighted by atomic mass is 9.81. The lowest BCUT2D eigenvalue weighted by Gasteiger charge is -2.39. The Kier molecular flexibility index (Phi) is 8.50. The summed E-state index contributed by atoms with van der Waals surface area (Å²) in [6, 6.07) is 0. The van der Waals surface area contributed by atoms with Gasteiger partial charge >= 0.3 is 5.97 Å². The Morgan fingerprint density at radius 3 is 1.96 bits per heavy atom. The van der Waals surface area contributed by atoms with Crippen molar-refractivity contribution in [3.8, 4) is 0 Å². The van der Waals surface area contributed by atoms with E-state index in [0.717, 1.165) is 12.8 Å². The number of ether oxygens (including phenoxy) is 2. The van der Waals surface area contributed by atoms with E-state index in [0.29, 0.717) is 32.1 Å². The minimum absolute atomic E-state index is 0.0685. The van der Waals surface area contributed by atoms with Crippen molar-refractivity contribution in [2.75, 3.05) is 26.4 Å². The highest BCUT2D eigenvalue weighted by atomic mass is 16.8. The van der Waals surface area contributed by atoms with E-state index in [1.54, 1.807) is 0 Å². The Morgan fingerprint density at radius 1 is 0.923 bits per heavy atom. The van der Waals surface area contributed by atoms with Crippen molar-refractivity contribution < 1.29 is 34.7 Å². The summed E-state index contributed by atoms with van der Waals surface area (Å²) in [5.41, 5.74) is 0. The number of aliphatic carboxylic acids is 1. The van der Waals surface area contributed by atoms with Crippen LogP contribution < -0.4 is 0 Å². The van der Waals surface area contributed by atoms with E-state index in [1.165, 1.54) is 0 Å². The molecule has 150 valence electrons. The zero-order chi connectivity index (χ0) is 19.0. The number of rotatable bonds is 14. The molecule has 0 saturated heterocycles. The van der Waals surface area contributed by atoms with Crippen molar-refractivity contribution in [3.05, 3.63) is 12.2 Å². The summed E-state index contributed by atoms with van der Waals surface area (Å²) in [4.78, 5) is 11.8. The fourth-order valence-electron chi connectivity index (χ4n) is 4.11. The highest BCUT2D eigenvalue weighted by Gasteiger charge is 2.58. The SMILES string of the molecule is O=C(O)C1C2C=CC(C2)C1C(O)(OCCCCCO)OCCCCCO. The standard InChI is InChI=1S/C19H32O7/c20-9-3-1-5-11-25-19(24,26-12-6-2-4-10-21)17-15-8-7-14(13-15)16(17)18(22)23/h7-8,14-17,20-21,24H,1-6,9-13H2,(H,22,23). The van der Waals surface area contributed by atoms with Crippen molar-refractivity contribution in [3.63, 3.8) is 0 Å². The van der Waals surface area contributed by atoms with Crippen molar-refractivity contribution in [2.24, 2.45) is 23.7 Å².